The van der Waals surface area contributed by atoms with Gasteiger partial charge < -0.3 is 0 Å². The number of hydrogen-bond donors (Lipinski definition) is 0. The molecule has 0 N–H and O–H groups in total. The van der Waals surface area contributed by atoms with Crippen LogP contribution in [0.2, 0.25) is 0 Å². The van der Waals surface area contributed by atoms with E-state index in [2.05, 4.69) is 40.7 Å². The van der Waals surface area contributed by atoms with Crippen molar-refractivity contribution in [3.05, 3.63) is 45.6 Å². The quantitative estimate of drug-likeness (QED) is 0.529. The molecule has 1 rings (SSSR count). The van der Waals surface area contributed by atoms with Crippen molar-refractivity contribution < 1.29 is 0 Å². The monoisotopic (exact) mass is 300 g/mol. The lowest BCUT2D eigenvalue weighted by molar-refractivity contribution is 0.994. The van der Waals surface area contributed by atoms with Gasteiger partial charge in [0.05, 0.1) is 0 Å². The van der Waals surface area contributed by atoms with E-state index in [9.17, 15) is 0 Å². The van der Waals surface area contributed by atoms with Gasteiger partial charge in [-0.3, -0.25) is 0 Å². The van der Waals surface area contributed by atoms with E-state index in [-0.39, 0.29) is 20.7 Å². The lowest BCUT2D eigenvalue weighted by atomic mass is 10.0. The van der Waals surface area contributed by atoms with E-state index >= 15 is 0 Å². The highest BCUT2D eigenvalue weighted by molar-refractivity contribution is 14.2. The predicted molar refractivity (Wildman–Crippen MR) is 75.1 cm³/mol. The van der Waals surface area contributed by atoms with Crippen LogP contribution in [0.4, 0.5) is 0 Å². The van der Waals surface area contributed by atoms with Crippen molar-refractivity contribution in [2.45, 2.75) is 26.7 Å². The average molecular weight is 300 g/mol. The predicted octanol–water partition coefficient (Wildman–Crippen LogP) is 4.52. The van der Waals surface area contributed by atoms with Crippen molar-refractivity contribution in [2.24, 2.45) is 0 Å². The van der Waals surface area contributed by atoms with E-state index in [4.69, 9.17) is 0 Å². The Labute approximate surface area is 96.8 Å². The number of hydrogen-bond acceptors (Lipinski definition) is 0. The van der Waals surface area contributed by atoms with Gasteiger partial charge in [-0.1, -0.05) is 39.0 Å². The average Bonchev–Trinajstić information content (AvgIpc) is 2.19. The third-order valence-corrected chi connectivity index (χ3v) is 4.51. The lowest BCUT2D eigenvalue weighted by Gasteiger charge is -2.09. The molecule has 0 aromatic rings. The third-order valence-electron chi connectivity index (χ3n) is 2.14. The second-order valence-corrected chi connectivity index (χ2v) is 5.29. The molecular formula is C13H17I. The Balaban J connectivity index is 2.77. The molecule has 14 heavy (non-hydrogen) atoms. The summed E-state index contributed by atoms with van der Waals surface area (Å²) in [5, 5.41) is 0. The summed E-state index contributed by atoms with van der Waals surface area (Å²) < 4.78 is 4.77. The Kier molecular flexibility index (Phi) is 5.09. The van der Waals surface area contributed by atoms with Gasteiger partial charge in [0.25, 0.3) is 0 Å². The molecular weight excluding hydrogens is 283 g/mol. The standard InChI is InChI=1S/C13H17I/c1-4-6-7-12(5-2)13-8-11(3)9-14-10-13/h4-5,8-10H,1,6-7H2,2-3H3/b12-5+. The molecule has 0 saturated carbocycles. The fraction of sp³-hybridized carbons (Fsp3) is 0.308. The topological polar surface area (TPSA) is 0 Å². The zero-order chi connectivity index (χ0) is 10.4. The van der Waals surface area contributed by atoms with E-state index < -0.39 is 0 Å². The summed E-state index contributed by atoms with van der Waals surface area (Å²) in [5.74, 6) is 0. The molecule has 1 heterocycles. The van der Waals surface area contributed by atoms with Gasteiger partial charge in [-0.2, -0.15) is 0 Å². The molecule has 0 saturated heterocycles. The van der Waals surface area contributed by atoms with Crippen molar-refractivity contribution in [2.75, 3.05) is 0 Å². The first-order valence-corrected chi connectivity index (χ1v) is 7.37. The first-order valence-electron chi connectivity index (χ1n) is 4.88. The summed E-state index contributed by atoms with van der Waals surface area (Å²) in [7, 11) is 0. The first kappa shape index (κ1) is 11.6. The summed E-state index contributed by atoms with van der Waals surface area (Å²) in [6.45, 7) is 8.08. The Morgan fingerprint density at radius 2 is 2.36 bits per heavy atom. The Bertz CT molecular complexity index is 327. The van der Waals surface area contributed by atoms with E-state index in [1.165, 1.54) is 16.7 Å². The van der Waals surface area contributed by atoms with Crippen molar-refractivity contribution in [3.8, 4) is 0 Å². The molecule has 0 spiro atoms. The van der Waals surface area contributed by atoms with E-state index in [0.717, 1.165) is 12.8 Å². The van der Waals surface area contributed by atoms with Crippen LogP contribution in [0, 0.1) is 0 Å². The Hall–Kier alpha value is -0.440. The molecule has 0 atom stereocenters. The highest BCUT2D eigenvalue weighted by atomic mass is 127. The maximum absolute atomic E-state index is 3.77. The van der Waals surface area contributed by atoms with Crippen molar-refractivity contribution in [1.82, 2.24) is 0 Å². The van der Waals surface area contributed by atoms with Gasteiger partial charge in [0, 0.05) is 0 Å². The lowest BCUT2D eigenvalue weighted by Crippen LogP contribution is -1.90. The summed E-state index contributed by atoms with van der Waals surface area (Å²) in [5.41, 5.74) is 4.34. The molecule has 0 aliphatic carbocycles. The largest absolute Gasteiger partial charge is 0.103 e. The Morgan fingerprint density at radius 3 is 2.93 bits per heavy atom. The summed E-state index contributed by atoms with van der Waals surface area (Å²) in [6, 6.07) is 0. The molecule has 76 valence electrons. The van der Waals surface area contributed by atoms with Crippen LogP contribution in [-0.2, 0) is 0 Å². The van der Waals surface area contributed by atoms with E-state index in [1.54, 1.807) is 0 Å². The number of allylic oxidation sites excluding steroid dienone is 6. The van der Waals surface area contributed by atoms with Crippen molar-refractivity contribution in [3.63, 3.8) is 0 Å². The maximum Gasteiger partial charge on any atom is -0.0168 e. The van der Waals surface area contributed by atoms with Crippen molar-refractivity contribution >= 4 is 24.7 Å². The highest BCUT2D eigenvalue weighted by Gasteiger charge is 2.02. The van der Waals surface area contributed by atoms with Crippen LogP contribution in [0.15, 0.2) is 45.6 Å². The van der Waals surface area contributed by atoms with Crippen LogP contribution in [0.5, 0.6) is 0 Å². The molecule has 0 radical (unpaired) electrons. The molecule has 1 aliphatic heterocycles. The number of rotatable bonds is 4. The van der Waals surface area contributed by atoms with Crippen LogP contribution in [0.1, 0.15) is 26.7 Å². The zero-order valence-electron chi connectivity index (χ0n) is 8.89. The summed E-state index contributed by atoms with van der Waals surface area (Å²) in [6.07, 6.45) is 8.71. The van der Waals surface area contributed by atoms with Gasteiger partial charge >= 0.3 is 0 Å². The SMILES string of the molecule is C=CCC/C(=C\C)C1=CI=CC(C)=C1. The molecule has 1 heteroatoms. The molecule has 0 amide bonds. The van der Waals surface area contributed by atoms with Gasteiger partial charge in [-0.05, 0) is 51.5 Å². The molecule has 0 bridgehead atoms. The minimum absolute atomic E-state index is 0.157. The first-order chi connectivity index (χ1) is 6.77. The molecule has 0 nitrogen and oxygen atoms in total. The van der Waals surface area contributed by atoms with E-state index in [1.807, 2.05) is 6.08 Å². The second-order valence-electron chi connectivity index (χ2n) is 3.33. The molecule has 1 aliphatic rings. The fourth-order valence-corrected chi connectivity index (χ4v) is 3.28. The highest BCUT2D eigenvalue weighted by Crippen LogP contribution is 2.25. The third kappa shape index (κ3) is 3.37. The van der Waals surface area contributed by atoms with Gasteiger partial charge in [0.15, 0.2) is 0 Å². The smallest absolute Gasteiger partial charge is 0.0168 e. The summed E-state index contributed by atoms with van der Waals surface area (Å²) in [4.78, 5) is 0. The van der Waals surface area contributed by atoms with Gasteiger partial charge in [0.2, 0.25) is 0 Å². The second kappa shape index (κ2) is 6.12. The summed E-state index contributed by atoms with van der Waals surface area (Å²) >= 11 is 0.157. The maximum atomic E-state index is 3.77. The molecule has 0 unspecified atom stereocenters. The molecule has 0 aromatic carbocycles. The van der Waals surface area contributed by atoms with Crippen molar-refractivity contribution in [1.29, 1.82) is 0 Å². The molecule has 0 aromatic heterocycles. The minimum atomic E-state index is 0.157. The van der Waals surface area contributed by atoms with Crippen LogP contribution >= 0.6 is 20.7 Å². The van der Waals surface area contributed by atoms with Crippen LogP contribution in [0.25, 0.3) is 0 Å². The van der Waals surface area contributed by atoms with Crippen LogP contribution in [-0.4, -0.2) is 4.01 Å². The molecule has 0 fully saturated rings. The number of halogens is 1. The minimum Gasteiger partial charge on any atom is -0.103 e. The van der Waals surface area contributed by atoms with E-state index in [0.29, 0.717) is 0 Å². The van der Waals surface area contributed by atoms with Gasteiger partial charge in [-0.15, -0.1) is 6.58 Å². The normalized spacial score (nSPS) is 16.9. The zero-order valence-corrected chi connectivity index (χ0v) is 11.0. The fourth-order valence-electron chi connectivity index (χ4n) is 1.38. The van der Waals surface area contributed by atoms with Gasteiger partial charge in [-0.25, -0.2) is 0 Å². The Morgan fingerprint density at radius 1 is 1.57 bits per heavy atom. The van der Waals surface area contributed by atoms with Crippen LogP contribution < -0.4 is 0 Å². The van der Waals surface area contributed by atoms with Gasteiger partial charge in [0.1, 0.15) is 0 Å². The van der Waals surface area contributed by atoms with Crippen LogP contribution in [0.3, 0.4) is 0 Å².